The molecule has 2 N–H and O–H groups in total. The molecule has 0 aliphatic carbocycles. The lowest BCUT2D eigenvalue weighted by molar-refractivity contribution is -0.131. The maximum Gasteiger partial charge on any atom is 0.222 e. The predicted octanol–water partition coefficient (Wildman–Crippen LogP) is 4.23. The van der Waals surface area contributed by atoms with E-state index in [4.69, 9.17) is 15.2 Å². The van der Waals surface area contributed by atoms with Crippen LogP contribution in [-0.2, 0) is 17.9 Å². The Kier molecular flexibility index (Phi) is 10.2. The number of halogens is 1. The number of benzene rings is 1. The van der Waals surface area contributed by atoms with Gasteiger partial charge in [-0.3, -0.25) is 4.79 Å². The Morgan fingerprint density at radius 2 is 2.07 bits per heavy atom. The van der Waals surface area contributed by atoms with Crippen molar-refractivity contribution in [3.63, 3.8) is 0 Å². The van der Waals surface area contributed by atoms with Crippen molar-refractivity contribution in [2.45, 2.75) is 45.9 Å². The van der Waals surface area contributed by atoms with E-state index in [-0.39, 0.29) is 24.4 Å². The quantitative estimate of drug-likeness (QED) is 0.634. The van der Waals surface area contributed by atoms with Crippen molar-refractivity contribution in [2.75, 3.05) is 13.7 Å². The van der Waals surface area contributed by atoms with Crippen molar-refractivity contribution in [1.82, 2.24) is 4.90 Å². The number of carbonyl (C=O) groups excluding carboxylic acids is 1. The molecule has 0 saturated heterocycles. The molecule has 0 bridgehead atoms. The summed E-state index contributed by atoms with van der Waals surface area (Å²) in [4.78, 5) is 15.4. The van der Waals surface area contributed by atoms with Crippen molar-refractivity contribution in [1.29, 1.82) is 0 Å². The topological polar surface area (TPSA) is 64.8 Å². The van der Waals surface area contributed by atoms with Gasteiger partial charge >= 0.3 is 0 Å². The first-order chi connectivity index (χ1) is 12.5. The summed E-state index contributed by atoms with van der Waals surface area (Å²) in [5, 5.41) is 2.03. The number of hydrogen-bond acceptors (Lipinski definition) is 5. The molecular formula is C20H29ClN2O3S. The molecule has 1 aromatic heterocycles. The molecule has 0 spiro atoms. The molecule has 1 amide bonds. The maximum absolute atomic E-state index is 12.4. The third-order valence-electron chi connectivity index (χ3n) is 4.10. The molecule has 0 aliphatic heterocycles. The minimum absolute atomic E-state index is 0. The SMILES string of the molecule is CCN(Cc1ccc(OCc2cccs2)c(OC)c1)C(=O)CCC(C)N.Cl. The first kappa shape index (κ1) is 23.3. The average Bonchev–Trinajstić information content (AvgIpc) is 3.16. The van der Waals surface area contributed by atoms with E-state index in [9.17, 15) is 4.79 Å². The smallest absolute Gasteiger partial charge is 0.222 e. The molecule has 2 rings (SSSR count). The number of methoxy groups -OCH3 is 1. The normalized spacial score (nSPS) is 11.4. The van der Waals surface area contributed by atoms with E-state index in [1.807, 2.05) is 54.5 Å². The van der Waals surface area contributed by atoms with Gasteiger partial charge in [-0.1, -0.05) is 12.1 Å². The lowest BCUT2D eigenvalue weighted by atomic mass is 10.1. The summed E-state index contributed by atoms with van der Waals surface area (Å²) in [5.74, 6) is 1.51. The van der Waals surface area contributed by atoms with Gasteiger partial charge in [0, 0.05) is 30.4 Å². The van der Waals surface area contributed by atoms with Crippen LogP contribution in [0.25, 0.3) is 0 Å². The molecule has 5 nitrogen and oxygen atoms in total. The summed E-state index contributed by atoms with van der Waals surface area (Å²) in [7, 11) is 1.63. The van der Waals surface area contributed by atoms with E-state index >= 15 is 0 Å². The zero-order valence-corrected chi connectivity index (χ0v) is 17.8. The van der Waals surface area contributed by atoms with Crippen LogP contribution in [0.3, 0.4) is 0 Å². The van der Waals surface area contributed by atoms with Gasteiger partial charge in [0.2, 0.25) is 5.91 Å². The van der Waals surface area contributed by atoms with Gasteiger partial charge in [0.1, 0.15) is 6.61 Å². The minimum atomic E-state index is 0. The number of carbonyl (C=O) groups is 1. The van der Waals surface area contributed by atoms with E-state index < -0.39 is 0 Å². The van der Waals surface area contributed by atoms with Crippen molar-refractivity contribution < 1.29 is 14.3 Å². The summed E-state index contributed by atoms with van der Waals surface area (Å²) in [6, 6.07) is 9.91. The van der Waals surface area contributed by atoms with Crippen LogP contribution in [0.5, 0.6) is 11.5 Å². The molecule has 1 atom stereocenters. The molecule has 0 fully saturated rings. The average molecular weight is 413 g/mol. The largest absolute Gasteiger partial charge is 0.493 e. The third-order valence-corrected chi connectivity index (χ3v) is 4.95. The fourth-order valence-corrected chi connectivity index (χ4v) is 3.20. The summed E-state index contributed by atoms with van der Waals surface area (Å²) < 4.78 is 11.3. The van der Waals surface area contributed by atoms with Gasteiger partial charge in [-0.15, -0.1) is 23.7 Å². The highest BCUT2D eigenvalue weighted by Crippen LogP contribution is 2.29. The zero-order valence-electron chi connectivity index (χ0n) is 16.1. The molecule has 150 valence electrons. The Hall–Kier alpha value is -1.76. The molecule has 1 heterocycles. The number of nitrogens with two attached hydrogens (primary N) is 1. The van der Waals surface area contributed by atoms with Gasteiger partial charge in [0.05, 0.1) is 7.11 Å². The third kappa shape index (κ3) is 7.40. The minimum Gasteiger partial charge on any atom is -0.493 e. The van der Waals surface area contributed by atoms with Crippen LogP contribution in [0, 0.1) is 0 Å². The monoisotopic (exact) mass is 412 g/mol. The van der Waals surface area contributed by atoms with Crippen molar-refractivity contribution in [2.24, 2.45) is 5.73 Å². The number of rotatable bonds is 10. The number of thiophene rings is 1. The Labute approximate surface area is 171 Å². The number of ether oxygens (including phenoxy) is 2. The molecule has 7 heteroatoms. The van der Waals surface area contributed by atoms with E-state index in [1.165, 1.54) is 0 Å². The van der Waals surface area contributed by atoms with Crippen LogP contribution in [0.15, 0.2) is 35.7 Å². The molecule has 1 unspecified atom stereocenters. The summed E-state index contributed by atoms with van der Waals surface area (Å²) in [5.41, 5.74) is 6.77. The first-order valence-electron chi connectivity index (χ1n) is 8.89. The second-order valence-corrected chi connectivity index (χ2v) is 7.31. The van der Waals surface area contributed by atoms with Gasteiger partial charge < -0.3 is 20.1 Å². The second kappa shape index (κ2) is 11.8. The van der Waals surface area contributed by atoms with Crippen molar-refractivity contribution in [3.05, 3.63) is 46.2 Å². The van der Waals surface area contributed by atoms with E-state index in [0.717, 1.165) is 10.4 Å². The van der Waals surface area contributed by atoms with Gasteiger partial charge in [-0.05, 0) is 49.4 Å². The van der Waals surface area contributed by atoms with Crippen molar-refractivity contribution >= 4 is 29.7 Å². The molecular weight excluding hydrogens is 384 g/mol. The zero-order chi connectivity index (χ0) is 18.9. The highest BCUT2D eigenvalue weighted by atomic mass is 35.5. The van der Waals surface area contributed by atoms with Crippen LogP contribution >= 0.6 is 23.7 Å². The summed E-state index contributed by atoms with van der Waals surface area (Å²) >= 11 is 1.66. The molecule has 27 heavy (non-hydrogen) atoms. The predicted molar refractivity (Wildman–Crippen MR) is 113 cm³/mol. The Balaban J connectivity index is 0.00000364. The number of hydrogen-bond donors (Lipinski definition) is 1. The van der Waals surface area contributed by atoms with Crippen LogP contribution < -0.4 is 15.2 Å². The van der Waals surface area contributed by atoms with Crippen LogP contribution in [-0.4, -0.2) is 30.5 Å². The Morgan fingerprint density at radius 3 is 2.67 bits per heavy atom. The highest BCUT2D eigenvalue weighted by Gasteiger charge is 2.14. The first-order valence-corrected chi connectivity index (χ1v) is 9.76. The highest BCUT2D eigenvalue weighted by molar-refractivity contribution is 7.09. The fraction of sp³-hybridized carbons (Fsp3) is 0.450. The maximum atomic E-state index is 12.4. The van der Waals surface area contributed by atoms with E-state index in [1.54, 1.807) is 18.4 Å². The summed E-state index contributed by atoms with van der Waals surface area (Å²) in [6.07, 6.45) is 1.18. The van der Waals surface area contributed by atoms with Gasteiger partial charge in [0.25, 0.3) is 0 Å². The Bertz CT molecular complexity index is 693. The van der Waals surface area contributed by atoms with Crippen LogP contribution in [0.1, 0.15) is 37.1 Å². The van der Waals surface area contributed by atoms with Gasteiger partial charge in [-0.2, -0.15) is 0 Å². The molecule has 0 aliphatic rings. The number of amides is 1. The van der Waals surface area contributed by atoms with E-state index in [2.05, 4.69) is 0 Å². The van der Waals surface area contributed by atoms with Gasteiger partial charge in [0.15, 0.2) is 11.5 Å². The lowest BCUT2D eigenvalue weighted by Gasteiger charge is -2.22. The second-order valence-electron chi connectivity index (χ2n) is 6.28. The fourth-order valence-electron chi connectivity index (χ4n) is 2.58. The van der Waals surface area contributed by atoms with Crippen LogP contribution in [0.2, 0.25) is 0 Å². The Morgan fingerprint density at radius 1 is 1.30 bits per heavy atom. The lowest BCUT2D eigenvalue weighted by Crippen LogP contribution is -2.31. The number of nitrogens with zero attached hydrogens (tertiary/aromatic N) is 1. The summed E-state index contributed by atoms with van der Waals surface area (Å²) in [6.45, 7) is 5.64. The molecule has 0 radical (unpaired) electrons. The van der Waals surface area contributed by atoms with E-state index in [0.29, 0.717) is 44.0 Å². The molecule has 1 aromatic carbocycles. The van der Waals surface area contributed by atoms with Gasteiger partial charge in [-0.25, -0.2) is 0 Å². The standard InChI is InChI=1S/C20H28N2O3S.ClH/c1-4-22(20(23)10-7-15(2)21)13-16-8-9-18(19(12-16)24-3)25-14-17-6-5-11-26-17;/h5-6,8-9,11-12,15H,4,7,10,13-14,21H2,1-3H3;1H. The molecule has 0 saturated carbocycles. The van der Waals surface area contributed by atoms with Crippen LogP contribution in [0.4, 0.5) is 0 Å². The molecule has 2 aromatic rings. The van der Waals surface area contributed by atoms with Crippen molar-refractivity contribution in [3.8, 4) is 11.5 Å².